The lowest BCUT2D eigenvalue weighted by Gasteiger charge is -2.13. The molecule has 7 aromatic carbocycles. The second-order valence-electron chi connectivity index (χ2n) is 12.1. The summed E-state index contributed by atoms with van der Waals surface area (Å²) < 4.78 is 4.52. The average Bonchev–Trinajstić information content (AvgIpc) is 3.72. The Balaban J connectivity index is 1.31. The Hall–Kier alpha value is -6.59. The summed E-state index contributed by atoms with van der Waals surface area (Å²) in [7, 11) is 0. The fourth-order valence-corrected chi connectivity index (χ4v) is 7.25. The van der Waals surface area contributed by atoms with Crippen LogP contribution in [-0.2, 0) is 0 Å². The van der Waals surface area contributed by atoms with Crippen LogP contribution in [0.25, 0.3) is 88.8 Å². The molecule has 10 rings (SSSR count). The molecule has 0 amide bonds. The van der Waals surface area contributed by atoms with Gasteiger partial charge < -0.3 is 0 Å². The highest BCUT2D eigenvalue weighted by molar-refractivity contribution is 6.25. The highest BCUT2D eigenvalue weighted by Gasteiger charge is 2.22. The van der Waals surface area contributed by atoms with Gasteiger partial charge in [-0.05, 0) is 41.8 Å². The topological polar surface area (TPSA) is 48.5 Å². The Labute approximate surface area is 276 Å². The predicted molar refractivity (Wildman–Crippen MR) is 197 cm³/mol. The van der Waals surface area contributed by atoms with Gasteiger partial charge in [0.1, 0.15) is 5.82 Å². The third-order valence-electron chi connectivity index (χ3n) is 9.33. The fraction of sp³-hybridized carbons (Fsp3) is 0. The van der Waals surface area contributed by atoms with Gasteiger partial charge in [0.25, 0.3) is 0 Å². The van der Waals surface area contributed by atoms with E-state index in [4.69, 9.17) is 15.0 Å². The summed E-state index contributed by atoms with van der Waals surface area (Å²) in [6.07, 6.45) is 0. The molecule has 0 saturated heterocycles. The van der Waals surface area contributed by atoms with Crippen LogP contribution in [0.3, 0.4) is 0 Å². The highest BCUT2D eigenvalue weighted by Crippen LogP contribution is 2.41. The predicted octanol–water partition coefficient (Wildman–Crippen LogP) is 10.6. The number of imidazole rings is 1. The SMILES string of the molecule is c1ccc(-c2nc(-n3c4ccccc4c4c5ccc6nc(-c7ccccc7)n(-c7ccccc7)c6c5ccc43)nc3ccccc23)cc1. The summed E-state index contributed by atoms with van der Waals surface area (Å²) in [5.41, 5.74) is 9.22. The first-order valence-electron chi connectivity index (χ1n) is 16.1. The number of para-hydroxylation sites is 3. The Morgan fingerprint density at radius 2 is 1.02 bits per heavy atom. The van der Waals surface area contributed by atoms with E-state index in [1.54, 1.807) is 0 Å². The van der Waals surface area contributed by atoms with Gasteiger partial charge in [-0.1, -0.05) is 127 Å². The van der Waals surface area contributed by atoms with E-state index >= 15 is 0 Å². The first kappa shape index (κ1) is 26.6. The minimum absolute atomic E-state index is 0.653. The molecule has 0 bridgehead atoms. The summed E-state index contributed by atoms with van der Waals surface area (Å²) >= 11 is 0. The van der Waals surface area contributed by atoms with E-state index in [2.05, 4.69) is 155 Å². The van der Waals surface area contributed by atoms with Crippen molar-refractivity contribution in [2.45, 2.75) is 0 Å². The van der Waals surface area contributed by atoms with Gasteiger partial charge in [-0.3, -0.25) is 9.13 Å². The third kappa shape index (κ3) is 3.94. The second kappa shape index (κ2) is 10.5. The minimum atomic E-state index is 0.653. The number of fused-ring (bicyclic) bond motifs is 8. The van der Waals surface area contributed by atoms with Crippen LogP contribution in [0.4, 0.5) is 0 Å². The maximum atomic E-state index is 5.27. The molecule has 5 heteroatoms. The maximum Gasteiger partial charge on any atom is 0.235 e. The van der Waals surface area contributed by atoms with E-state index in [0.29, 0.717) is 5.95 Å². The molecule has 0 aliphatic rings. The van der Waals surface area contributed by atoms with Crippen LogP contribution in [-0.4, -0.2) is 24.1 Å². The maximum absolute atomic E-state index is 5.27. The van der Waals surface area contributed by atoms with Crippen molar-refractivity contribution in [1.82, 2.24) is 24.1 Å². The molecule has 0 fully saturated rings. The van der Waals surface area contributed by atoms with Gasteiger partial charge in [-0.15, -0.1) is 0 Å². The van der Waals surface area contributed by atoms with E-state index in [1.807, 2.05) is 18.2 Å². The van der Waals surface area contributed by atoms with E-state index in [1.165, 1.54) is 5.39 Å². The van der Waals surface area contributed by atoms with Crippen LogP contribution in [0.5, 0.6) is 0 Å². The van der Waals surface area contributed by atoms with Crippen LogP contribution in [0.2, 0.25) is 0 Å². The summed E-state index contributed by atoms with van der Waals surface area (Å²) in [5.74, 6) is 1.57. The summed E-state index contributed by atoms with van der Waals surface area (Å²) in [6.45, 7) is 0. The quantitative estimate of drug-likeness (QED) is 0.198. The lowest BCUT2D eigenvalue weighted by Crippen LogP contribution is -2.03. The van der Waals surface area contributed by atoms with Crippen LogP contribution in [0.15, 0.2) is 164 Å². The number of rotatable bonds is 4. The molecule has 48 heavy (non-hydrogen) atoms. The zero-order valence-corrected chi connectivity index (χ0v) is 25.8. The molecule has 0 N–H and O–H groups in total. The van der Waals surface area contributed by atoms with E-state index < -0.39 is 0 Å². The second-order valence-corrected chi connectivity index (χ2v) is 12.1. The number of nitrogens with zero attached hydrogens (tertiary/aromatic N) is 5. The Morgan fingerprint density at radius 1 is 0.375 bits per heavy atom. The van der Waals surface area contributed by atoms with Crippen molar-refractivity contribution in [1.29, 1.82) is 0 Å². The van der Waals surface area contributed by atoms with E-state index in [-0.39, 0.29) is 0 Å². The summed E-state index contributed by atoms with van der Waals surface area (Å²) in [5, 5.41) is 5.67. The van der Waals surface area contributed by atoms with Crippen molar-refractivity contribution in [3.63, 3.8) is 0 Å². The molecule has 0 unspecified atom stereocenters. The van der Waals surface area contributed by atoms with Gasteiger partial charge in [-0.2, -0.15) is 0 Å². The zero-order chi connectivity index (χ0) is 31.6. The van der Waals surface area contributed by atoms with Crippen molar-refractivity contribution in [3.8, 4) is 34.3 Å². The summed E-state index contributed by atoms with van der Waals surface area (Å²) in [6, 6.07) is 57.0. The van der Waals surface area contributed by atoms with Gasteiger partial charge in [-0.25, -0.2) is 15.0 Å². The van der Waals surface area contributed by atoms with Crippen molar-refractivity contribution in [2.75, 3.05) is 0 Å². The van der Waals surface area contributed by atoms with Crippen molar-refractivity contribution < 1.29 is 0 Å². The molecular weight excluding hydrogens is 587 g/mol. The zero-order valence-electron chi connectivity index (χ0n) is 25.8. The first-order valence-corrected chi connectivity index (χ1v) is 16.1. The molecular formula is C43H27N5. The molecule has 0 saturated carbocycles. The van der Waals surface area contributed by atoms with Gasteiger partial charge in [0, 0.05) is 38.4 Å². The molecule has 3 heterocycles. The van der Waals surface area contributed by atoms with Crippen molar-refractivity contribution in [3.05, 3.63) is 164 Å². The molecule has 0 atom stereocenters. The van der Waals surface area contributed by atoms with Gasteiger partial charge in [0.05, 0.1) is 33.3 Å². The molecule has 0 spiro atoms. The van der Waals surface area contributed by atoms with Crippen LogP contribution in [0.1, 0.15) is 0 Å². The van der Waals surface area contributed by atoms with Crippen molar-refractivity contribution >= 4 is 54.5 Å². The number of hydrogen-bond acceptors (Lipinski definition) is 3. The molecule has 224 valence electrons. The summed E-state index contributed by atoms with van der Waals surface area (Å²) in [4.78, 5) is 15.6. The number of benzene rings is 7. The van der Waals surface area contributed by atoms with Gasteiger partial charge in [0.2, 0.25) is 5.95 Å². The first-order chi connectivity index (χ1) is 23.8. The minimum Gasteiger partial charge on any atom is -0.292 e. The highest BCUT2D eigenvalue weighted by atomic mass is 15.2. The van der Waals surface area contributed by atoms with Crippen LogP contribution < -0.4 is 0 Å². The van der Waals surface area contributed by atoms with E-state index in [0.717, 1.165) is 77.5 Å². The lowest BCUT2D eigenvalue weighted by molar-refractivity contribution is 1.01. The van der Waals surface area contributed by atoms with Gasteiger partial charge >= 0.3 is 0 Å². The number of aromatic nitrogens is 5. The normalized spacial score (nSPS) is 11.8. The smallest absolute Gasteiger partial charge is 0.235 e. The van der Waals surface area contributed by atoms with Gasteiger partial charge in [0.15, 0.2) is 0 Å². The Morgan fingerprint density at radius 3 is 1.81 bits per heavy atom. The monoisotopic (exact) mass is 613 g/mol. The largest absolute Gasteiger partial charge is 0.292 e. The van der Waals surface area contributed by atoms with Crippen molar-refractivity contribution in [2.24, 2.45) is 0 Å². The molecule has 0 aliphatic heterocycles. The molecule has 0 radical (unpaired) electrons. The molecule has 3 aromatic heterocycles. The molecule has 10 aromatic rings. The number of hydrogen-bond donors (Lipinski definition) is 0. The molecule has 0 aliphatic carbocycles. The average molecular weight is 614 g/mol. The Kier molecular flexibility index (Phi) is 5.81. The molecule has 5 nitrogen and oxygen atoms in total. The van der Waals surface area contributed by atoms with E-state index in [9.17, 15) is 0 Å². The Bertz CT molecular complexity index is 2820. The van der Waals surface area contributed by atoms with Crippen LogP contribution >= 0.6 is 0 Å². The third-order valence-corrected chi connectivity index (χ3v) is 9.33. The fourth-order valence-electron chi connectivity index (χ4n) is 7.25. The van der Waals surface area contributed by atoms with Crippen LogP contribution in [0, 0.1) is 0 Å². The standard InChI is InChI=1S/C43H27N5/c1-4-14-28(15-5-1)40-33-20-10-12-22-35(33)45-43(46-40)48-37-23-13-11-21-34(37)39-31-24-26-36-41(32(31)25-27-38(39)48)47(30-18-8-3-9-19-30)42(44-36)29-16-6-2-7-17-29/h1-27H. The lowest BCUT2D eigenvalue weighted by atomic mass is 10.0.